The summed E-state index contributed by atoms with van der Waals surface area (Å²) in [5.41, 5.74) is 0. The van der Waals surface area contributed by atoms with Crippen LogP contribution in [-0.4, -0.2) is 27.4 Å². The molecule has 0 aliphatic carbocycles. The van der Waals surface area contributed by atoms with Gasteiger partial charge in [0.25, 0.3) is 0 Å². The van der Waals surface area contributed by atoms with E-state index >= 15 is 0 Å². The normalized spacial score (nSPS) is 11.3. The van der Waals surface area contributed by atoms with Gasteiger partial charge in [0.15, 0.2) is 0 Å². The second-order valence-corrected chi connectivity index (χ2v) is 6.17. The van der Waals surface area contributed by atoms with Crippen LogP contribution in [0.3, 0.4) is 0 Å². The number of benzene rings is 1. The van der Waals surface area contributed by atoms with E-state index in [1.807, 2.05) is 0 Å². The van der Waals surface area contributed by atoms with E-state index in [1.165, 1.54) is 12.1 Å². The molecule has 0 saturated carbocycles. The van der Waals surface area contributed by atoms with E-state index in [2.05, 4.69) is 10.0 Å². The number of amides is 1. The third-order valence-corrected chi connectivity index (χ3v) is 4.62. The van der Waals surface area contributed by atoms with Crippen molar-refractivity contribution in [1.82, 2.24) is 10.0 Å². The van der Waals surface area contributed by atoms with Crippen LogP contribution in [0.1, 0.15) is 13.3 Å². The Morgan fingerprint density at radius 1 is 1.26 bits per heavy atom. The van der Waals surface area contributed by atoms with Gasteiger partial charge >= 0.3 is 0 Å². The summed E-state index contributed by atoms with van der Waals surface area (Å²) in [6.07, 6.45) is 0.0507. The summed E-state index contributed by atoms with van der Waals surface area (Å²) >= 11 is 11.6. The predicted molar refractivity (Wildman–Crippen MR) is 75.0 cm³/mol. The van der Waals surface area contributed by atoms with Crippen LogP contribution in [-0.2, 0) is 14.8 Å². The average molecular weight is 325 g/mol. The molecule has 0 bridgehead atoms. The zero-order valence-corrected chi connectivity index (χ0v) is 12.6. The minimum atomic E-state index is -3.83. The fourth-order valence-corrected chi connectivity index (χ4v) is 3.57. The molecule has 0 aliphatic rings. The molecule has 0 spiro atoms. The number of sulfonamides is 1. The zero-order valence-electron chi connectivity index (χ0n) is 10.2. The molecular weight excluding hydrogens is 311 g/mol. The van der Waals surface area contributed by atoms with E-state index in [1.54, 1.807) is 13.0 Å². The monoisotopic (exact) mass is 324 g/mol. The first-order chi connectivity index (χ1) is 8.88. The van der Waals surface area contributed by atoms with Crippen LogP contribution >= 0.6 is 23.2 Å². The van der Waals surface area contributed by atoms with Crippen LogP contribution < -0.4 is 10.0 Å². The molecule has 0 fully saturated rings. The van der Waals surface area contributed by atoms with Crippen LogP contribution in [0.2, 0.25) is 10.0 Å². The van der Waals surface area contributed by atoms with Crippen molar-refractivity contribution in [1.29, 1.82) is 0 Å². The van der Waals surface area contributed by atoms with Gasteiger partial charge in [0.1, 0.15) is 4.90 Å². The van der Waals surface area contributed by atoms with Gasteiger partial charge in [-0.05, 0) is 19.1 Å². The summed E-state index contributed by atoms with van der Waals surface area (Å²) in [5.74, 6) is -0.226. The second-order valence-electron chi connectivity index (χ2n) is 3.65. The van der Waals surface area contributed by atoms with Gasteiger partial charge in [-0.1, -0.05) is 29.3 Å². The number of hydrogen-bond donors (Lipinski definition) is 2. The van der Waals surface area contributed by atoms with Gasteiger partial charge in [-0.3, -0.25) is 4.79 Å². The molecule has 0 heterocycles. The Kier molecular flexibility index (Phi) is 6.06. The number of carbonyl (C=O) groups is 1. The quantitative estimate of drug-likeness (QED) is 0.837. The average Bonchev–Trinajstić information content (AvgIpc) is 2.28. The van der Waals surface area contributed by atoms with Gasteiger partial charge in [0.2, 0.25) is 15.9 Å². The molecule has 0 radical (unpaired) electrons. The summed E-state index contributed by atoms with van der Waals surface area (Å²) in [7, 11) is -3.83. The van der Waals surface area contributed by atoms with Crippen LogP contribution in [0.4, 0.5) is 0 Å². The minimum absolute atomic E-state index is 0.0181. The molecule has 1 aromatic rings. The molecule has 1 amide bonds. The van der Waals surface area contributed by atoms with Crippen molar-refractivity contribution in [2.75, 3.05) is 13.1 Å². The number of halogens is 2. The Morgan fingerprint density at radius 2 is 1.84 bits per heavy atom. The van der Waals surface area contributed by atoms with Gasteiger partial charge in [0.05, 0.1) is 10.0 Å². The highest BCUT2D eigenvalue weighted by molar-refractivity contribution is 7.89. The summed E-state index contributed by atoms with van der Waals surface area (Å²) in [4.78, 5) is 11.0. The number of carbonyl (C=O) groups excluding carboxylic acids is 1. The molecule has 8 heteroatoms. The summed E-state index contributed by atoms with van der Waals surface area (Å²) in [6.45, 7) is 2.27. The van der Waals surface area contributed by atoms with E-state index in [0.29, 0.717) is 6.54 Å². The fraction of sp³-hybridized carbons (Fsp3) is 0.364. The van der Waals surface area contributed by atoms with Crippen LogP contribution in [0.25, 0.3) is 0 Å². The highest BCUT2D eigenvalue weighted by Crippen LogP contribution is 2.28. The Balaban J connectivity index is 2.74. The Morgan fingerprint density at radius 3 is 2.37 bits per heavy atom. The first-order valence-electron chi connectivity index (χ1n) is 5.59. The van der Waals surface area contributed by atoms with Crippen LogP contribution in [0, 0.1) is 0 Å². The number of nitrogens with one attached hydrogen (secondary N) is 2. The lowest BCUT2D eigenvalue weighted by molar-refractivity contribution is -0.120. The van der Waals surface area contributed by atoms with Crippen LogP contribution in [0.15, 0.2) is 23.1 Å². The van der Waals surface area contributed by atoms with Crippen molar-refractivity contribution in [2.24, 2.45) is 0 Å². The maximum atomic E-state index is 12.0. The Hall–Kier alpha value is -0.820. The third-order valence-electron chi connectivity index (χ3n) is 2.21. The van der Waals surface area contributed by atoms with Crippen molar-refractivity contribution in [3.8, 4) is 0 Å². The SMILES string of the molecule is CCNC(=O)CCNS(=O)(=O)c1c(Cl)cccc1Cl. The third kappa shape index (κ3) is 4.65. The lowest BCUT2D eigenvalue weighted by atomic mass is 10.4. The molecule has 0 aromatic heterocycles. The smallest absolute Gasteiger partial charge is 0.243 e. The molecule has 1 rings (SSSR count). The van der Waals surface area contributed by atoms with Crippen LogP contribution in [0.5, 0.6) is 0 Å². The molecule has 5 nitrogen and oxygen atoms in total. The van der Waals surface area contributed by atoms with Gasteiger partial charge in [0, 0.05) is 19.5 Å². The highest BCUT2D eigenvalue weighted by atomic mass is 35.5. The predicted octanol–water partition coefficient (Wildman–Crippen LogP) is 1.80. The van der Waals surface area contributed by atoms with Gasteiger partial charge in [-0.15, -0.1) is 0 Å². The van der Waals surface area contributed by atoms with Crippen molar-refractivity contribution >= 4 is 39.1 Å². The van der Waals surface area contributed by atoms with Crippen molar-refractivity contribution in [3.63, 3.8) is 0 Å². The maximum absolute atomic E-state index is 12.0. The molecule has 106 valence electrons. The second kappa shape index (κ2) is 7.09. The Labute approximate surface area is 122 Å². The van der Waals surface area contributed by atoms with E-state index in [4.69, 9.17) is 23.2 Å². The highest BCUT2D eigenvalue weighted by Gasteiger charge is 2.21. The number of hydrogen-bond acceptors (Lipinski definition) is 3. The molecular formula is C11H14Cl2N2O3S. The van der Waals surface area contributed by atoms with E-state index < -0.39 is 10.0 Å². The van der Waals surface area contributed by atoms with E-state index in [0.717, 1.165) is 0 Å². The van der Waals surface area contributed by atoms with Gasteiger partial charge in [-0.25, -0.2) is 13.1 Å². The topological polar surface area (TPSA) is 75.3 Å². The molecule has 0 saturated heterocycles. The summed E-state index contributed by atoms with van der Waals surface area (Å²) in [6, 6.07) is 4.43. The molecule has 1 aromatic carbocycles. The first-order valence-corrected chi connectivity index (χ1v) is 7.82. The van der Waals surface area contributed by atoms with Gasteiger partial charge in [-0.2, -0.15) is 0 Å². The maximum Gasteiger partial charge on any atom is 0.243 e. The largest absolute Gasteiger partial charge is 0.356 e. The van der Waals surface area contributed by atoms with Crippen molar-refractivity contribution < 1.29 is 13.2 Å². The van der Waals surface area contributed by atoms with Crippen molar-refractivity contribution in [2.45, 2.75) is 18.2 Å². The van der Waals surface area contributed by atoms with Gasteiger partial charge < -0.3 is 5.32 Å². The van der Waals surface area contributed by atoms with Crippen molar-refractivity contribution in [3.05, 3.63) is 28.2 Å². The molecule has 2 N–H and O–H groups in total. The Bertz CT molecular complexity index is 541. The van der Waals surface area contributed by atoms with E-state index in [-0.39, 0.29) is 33.8 Å². The lowest BCUT2D eigenvalue weighted by Gasteiger charge is -2.09. The minimum Gasteiger partial charge on any atom is -0.356 e. The fourth-order valence-electron chi connectivity index (χ4n) is 1.40. The molecule has 0 aliphatic heterocycles. The molecule has 0 atom stereocenters. The number of rotatable bonds is 6. The zero-order chi connectivity index (χ0) is 14.5. The molecule has 19 heavy (non-hydrogen) atoms. The lowest BCUT2D eigenvalue weighted by Crippen LogP contribution is -2.30. The van der Waals surface area contributed by atoms with E-state index in [9.17, 15) is 13.2 Å². The standard InChI is InChI=1S/C11H14Cl2N2O3S/c1-2-14-10(16)6-7-15-19(17,18)11-8(12)4-3-5-9(11)13/h3-5,15H,2,6-7H2,1H3,(H,14,16). The molecule has 0 unspecified atom stereocenters. The summed E-state index contributed by atoms with van der Waals surface area (Å²) in [5, 5.41) is 2.65. The summed E-state index contributed by atoms with van der Waals surface area (Å²) < 4.78 is 26.3. The first kappa shape index (κ1) is 16.2.